The van der Waals surface area contributed by atoms with Crippen molar-refractivity contribution >= 4 is 29.7 Å². The summed E-state index contributed by atoms with van der Waals surface area (Å²) in [4.78, 5) is 17.4. The van der Waals surface area contributed by atoms with E-state index >= 15 is 0 Å². The van der Waals surface area contributed by atoms with Crippen molar-refractivity contribution in [1.29, 1.82) is 0 Å². The lowest BCUT2D eigenvalue weighted by Crippen LogP contribution is -2.48. The van der Waals surface area contributed by atoms with Crippen LogP contribution in [0.3, 0.4) is 0 Å². The summed E-state index contributed by atoms with van der Waals surface area (Å²) in [6, 6.07) is 7.70. The van der Waals surface area contributed by atoms with Crippen molar-refractivity contribution in [2.45, 2.75) is 44.2 Å². The number of Topliss-reactive ketones (excluding diaryl/α,β-unsaturated/α-hetero) is 1. The summed E-state index contributed by atoms with van der Waals surface area (Å²) in [6.07, 6.45) is 8.21. The summed E-state index contributed by atoms with van der Waals surface area (Å²) >= 11 is 1.42. The number of nitrogens with zero attached hydrogens (tertiary/aromatic N) is 3. The van der Waals surface area contributed by atoms with Crippen LogP contribution in [-0.2, 0) is 4.79 Å². The number of hydrogen-bond donors (Lipinski definition) is 2. The highest BCUT2D eigenvalue weighted by molar-refractivity contribution is 7.99. The molecule has 0 saturated heterocycles. The molecule has 4 aliphatic carbocycles. The SMILES string of the molecule is CCOc1ccc(C=NNc2nc(SCC(=O)C3C4CC5CC(C4)CC3C5)n[nH]2)cc1. The maximum absolute atomic E-state index is 13.0. The van der Waals surface area contributed by atoms with Gasteiger partial charge in [-0.2, -0.15) is 10.1 Å². The number of hydrogen-bond acceptors (Lipinski definition) is 7. The Kier molecular flexibility index (Phi) is 5.98. The average Bonchev–Trinajstić information content (AvgIpc) is 3.21. The fourth-order valence-corrected chi connectivity index (χ4v) is 6.76. The Hall–Kier alpha value is -2.35. The van der Waals surface area contributed by atoms with Gasteiger partial charge in [-0.05, 0) is 92.5 Å². The number of aromatic amines is 1. The number of H-pyrrole nitrogens is 1. The molecule has 2 N–H and O–H groups in total. The van der Waals surface area contributed by atoms with Gasteiger partial charge in [0.1, 0.15) is 11.5 Å². The fourth-order valence-electron chi connectivity index (χ4n) is 6.03. The molecule has 0 unspecified atom stereocenters. The summed E-state index contributed by atoms with van der Waals surface area (Å²) in [5.41, 5.74) is 3.81. The minimum absolute atomic E-state index is 0.274. The van der Waals surface area contributed by atoms with E-state index < -0.39 is 0 Å². The number of ketones is 1. The third-order valence-corrected chi connectivity index (χ3v) is 7.85. The van der Waals surface area contributed by atoms with E-state index in [0.717, 1.165) is 23.1 Å². The first-order valence-corrected chi connectivity index (χ1v) is 12.3. The third-order valence-electron chi connectivity index (χ3n) is 6.98. The van der Waals surface area contributed by atoms with Crippen LogP contribution in [0.15, 0.2) is 34.5 Å². The zero-order valence-electron chi connectivity index (χ0n) is 17.8. The molecular weight excluding hydrogens is 410 g/mol. The van der Waals surface area contributed by atoms with Crippen molar-refractivity contribution < 1.29 is 9.53 Å². The van der Waals surface area contributed by atoms with Gasteiger partial charge >= 0.3 is 0 Å². The molecule has 7 nitrogen and oxygen atoms in total. The summed E-state index contributed by atoms with van der Waals surface area (Å²) in [6.45, 7) is 2.61. The van der Waals surface area contributed by atoms with E-state index in [1.54, 1.807) is 6.21 Å². The molecule has 4 aliphatic rings. The van der Waals surface area contributed by atoms with Gasteiger partial charge < -0.3 is 4.74 Å². The summed E-state index contributed by atoms with van der Waals surface area (Å²) in [5, 5.41) is 11.8. The number of thioether (sulfide) groups is 1. The average molecular weight is 440 g/mol. The second-order valence-corrected chi connectivity index (χ2v) is 9.99. The van der Waals surface area contributed by atoms with Crippen LogP contribution >= 0.6 is 11.8 Å². The van der Waals surface area contributed by atoms with Crippen LogP contribution in [0.25, 0.3) is 0 Å². The Morgan fingerprint density at radius 2 is 1.90 bits per heavy atom. The lowest BCUT2D eigenvalue weighted by molar-refractivity contribution is -0.133. The first kappa shape index (κ1) is 20.5. The van der Waals surface area contributed by atoms with Crippen molar-refractivity contribution in [2.75, 3.05) is 17.8 Å². The molecule has 0 atom stereocenters. The smallest absolute Gasteiger partial charge is 0.240 e. The van der Waals surface area contributed by atoms with Crippen molar-refractivity contribution in [3.05, 3.63) is 29.8 Å². The summed E-state index contributed by atoms with van der Waals surface area (Å²) < 4.78 is 5.43. The molecule has 6 rings (SSSR count). The van der Waals surface area contributed by atoms with Crippen molar-refractivity contribution in [1.82, 2.24) is 15.2 Å². The van der Waals surface area contributed by atoms with Gasteiger partial charge in [0, 0.05) is 5.92 Å². The first-order valence-electron chi connectivity index (χ1n) is 11.3. The van der Waals surface area contributed by atoms with E-state index in [9.17, 15) is 4.79 Å². The van der Waals surface area contributed by atoms with Gasteiger partial charge in [-0.25, -0.2) is 10.5 Å². The maximum Gasteiger partial charge on any atom is 0.240 e. The first-order chi connectivity index (χ1) is 15.2. The molecule has 4 bridgehead atoms. The number of hydrazone groups is 1. The second-order valence-electron chi connectivity index (χ2n) is 9.05. The van der Waals surface area contributed by atoms with Crippen LogP contribution in [0.2, 0.25) is 0 Å². The van der Waals surface area contributed by atoms with E-state index in [1.807, 2.05) is 31.2 Å². The molecule has 0 aliphatic heterocycles. The van der Waals surface area contributed by atoms with Gasteiger partial charge in [0.25, 0.3) is 0 Å². The summed E-state index contributed by atoms with van der Waals surface area (Å²) in [7, 11) is 0. The van der Waals surface area contributed by atoms with Crippen molar-refractivity contribution in [2.24, 2.45) is 34.7 Å². The van der Waals surface area contributed by atoms with E-state index in [4.69, 9.17) is 4.74 Å². The molecule has 1 aromatic carbocycles. The standard InChI is InChI=1S/C23H29N5O2S/c1-2-30-19-5-3-14(4-6-19)12-24-26-22-25-23(28-27-22)31-13-20(29)21-17-8-15-7-16(10-17)11-18(21)9-15/h3-6,12,15-18,21H,2,7-11,13H2,1H3,(H2,25,26,27,28). The lowest BCUT2D eigenvalue weighted by Gasteiger charge is -2.53. The topological polar surface area (TPSA) is 92.3 Å². The van der Waals surface area contributed by atoms with Crippen LogP contribution in [0.4, 0.5) is 5.95 Å². The highest BCUT2D eigenvalue weighted by Gasteiger charge is 2.50. The lowest BCUT2D eigenvalue weighted by atomic mass is 9.51. The van der Waals surface area contributed by atoms with Crippen LogP contribution in [-0.4, -0.2) is 39.5 Å². The fraction of sp³-hybridized carbons (Fsp3) is 0.565. The molecule has 164 valence electrons. The predicted molar refractivity (Wildman–Crippen MR) is 121 cm³/mol. The van der Waals surface area contributed by atoms with Gasteiger partial charge in [-0.1, -0.05) is 11.8 Å². The van der Waals surface area contributed by atoms with Gasteiger partial charge in [-0.15, -0.1) is 5.10 Å². The predicted octanol–water partition coefficient (Wildman–Crippen LogP) is 4.38. The number of carbonyl (C=O) groups excluding carboxylic acids is 1. The number of ether oxygens (including phenoxy) is 1. The molecule has 4 saturated carbocycles. The van der Waals surface area contributed by atoms with Crippen molar-refractivity contribution in [3.8, 4) is 5.75 Å². The number of aromatic nitrogens is 3. The van der Waals surface area contributed by atoms with E-state index in [2.05, 4.69) is 25.7 Å². The molecule has 1 heterocycles. The van der Waals surface area contributed by atoms with Crippen LogP contribution in [0, 0.1) is 29.6 Å². The van der Waals surface area contributed by atoms with Gasteiger partial charge in [0.05, 0.1) is 18.6 Å². The zero-order valence-corrected chi connectivity index (χ0v) is 18.6. The van der Waals surface area contributed by atoms with Crippen molar-refractivity contribution in [3.63, 3.8) is 0 Å². The van der Waals surface area contributed by atoms with Gasteiger partial charge in [0.2, 0.25) is 11.1 Å². The molecular formula is C23H29N5O2S. The molecule has 8 heteroatoms. The molecule has 1 aromatic heterocycles. The molecule has 0 spiro atoms. The summed E-state index contributed by atoms with van der Waals surface area (Å²) in [5.74, 6) is 5.48. The monoisotopic (exact) mass is 439 g/mol. The number of nitrogens with one attached hydrogen (secondary N) is 2. The Balaban J connectivity index is 1.10. The van der Waals surface area contributed by atoms with Crippen LogP contribution in [0.5, 0.6) is 5.75 Å². The van der Waals surface area contributed by atoms with Crippen LogP contribution < -0.4 is 10.2 Å². The van der Waals surface area contributed by atoms with E-state index in [0.29, 0.717) is 41.1 Å². The quantitative estimate of drug-likeness (QED) is 0.342. The normalized spacial score (nSPS) is 28.9. The molecule has 0 radical (unpaired) electrons. The maximum atomic E-state index is 13.0. The Bertz CT molecular complexity index is 914. The second kappa shape index (κ2) is 9.02. The zero-order chi connectivity index (χ0) is 21.2. The number of rotatable bonds is 9. The molecule has 2 aromatic rings. The highest BCUT2D eigenvalue weighted by Crippen LogP contribution is 2.56. The van der Waals surface area contributed by atoms with E-state index in [1.165, 1.54) is 43.9 Å². The highest BCUT2D eigenvalue weighted by atomic mass is 32.2. The third kappa shape index (κ3) is 4.63. The Morgan fingerprint density at radius 1 is 1.19 bits per heavy atom. The number of carbonyl (C=O) groups is 1. The Morgan fingerprint density at radius 3 is 2.58 bits per heavy atom. The minimum Gasteiger partial charge on any atom is -0.494 e. The van der Waals surface area contributed by atoms with Crippen LogP contribution in [0.1, 0.15) is 44.6 Å². The van der Waals surface area contributed by atoms with Gasteiger partial charge in [-0.3, -0.25) is 4.79 Å². The largest absolute Gasteiger partial charge is 0.494 e. The number of anilines is 1. The Labute approximate surface area is 186 Å². The molecule has 31 heavy (non-hydrogen) atoms. The molecule has 4 fully saturated rings. The number of benzene rings is 1. The molecule has 0 amide bonds. The van der Waals surface area contributed by atoms with Gasteiger partial charge in [0.15, 0.2) is 0 Å². The minimum atomic E-state index is 0.274. The van der Waals surface area contributed by atoms with E-state index in [-0.39, 0.29) is 5.92 Å².